The highest BCUT2D eigenvalue weighted by molar-refractivity contribution is 7.89. The van der Waals surface area contributed by atoms with Gasteiger partial charge in [-0.25, -0.2) is 8.42 Å². The van der Waals surface area contributed by atoms with Gasteiger partial charge in [0, 0.05) is 36.1 Å². The number of aromatic amines is 1. The Labute approximate surface area is 200 Å². The molecular weight excluding hydrogens is 450 g/mol. The van der Waals surface area contributed by atoms with Crippen LogP contribution in [0.15, 0.2) is 64.3 Å². The molecule has 1 aliphatic heterocycles. The highest BCUT2D eigenvalue weighted by Gasteiger charge is 2.26. The summed E-state index contributed by atoms with van der Waals surface area (Å²) in [7, 11) is -3.68. The standard InChI is InChI=1S/C26H31N3O4S/c1-19(11-12-20-9-5-4-6-10-20)27-26(31)23-18-25(30)28-24-14-13-21(17-22(23)24)34(32,33)29-15-7-2-3-8-16-29/h4-6,9-10,13-14,17-19H,2-3,7-8,11-12,15-16H2,1H3,(H,27,31)(H,28,30). The highest BCUT2D eigenvalue weighted by atomic mass is 32.2. The number of benzene rings is 2. The van der Waals surface area contributed by atoms with Crippen molar-refractivity contribution < 1.29 is 13.2 Å². The van der Waals surface area contributed by atoms with Gasteiger partial charge in [0.25, 0.3) is 5.91 Å². The second-order valence-corrected chi connectivity index (χ2v) is 10.9. The molecule has 4 rings (SSSR count). The average Bonchev–Trinajstić information content (AvgIpc) is 3.13. The fourth-order valence-electron chi connectivity index (χ4n) is 4.41. The normalized spacial score (nSPS) is 16.1. The Morgan fingerprint density at radius 1 is 1.03 bits per heavy atom. The van der Waals surface area contributed by atoms with E-state index in [2.05, 4.69) is 10.3 Å². The van der Waals surface area contributed by atoms with Gasteiger partial charge in [0.1, 0.15) is 0 Å². The lowest BCUT2D eigenvalue weighted by Gasteiger charge is -2.20. The molecule has 1 amide bonds. The summed E-state index contributed by atoms with van der Waals surface area (Å²) < 4.78 is 28.1. The number of carbonyl (C=O) groups excluding carboxylic acids is 1. The maximum atomic E-state index is 13.3. The smallest absolute Gasteiger partial charge is 0.252 e. The first-order valence-corrected chi connectivity index (χ1v) is 13.3. The average molecular weight is 482 g/mol. The van der Waals surface area contributed by atoms with Gasteiger partial charge in [0.15, 0.2) is 0 Å². The minimum absolute atomic E-state index is 0.119. The number of rotatable bonds is 7. The number of amides is 1. The SMILES string of the molecule is CC(CCc1ccccc1)NC(=O)c1cc(=O)[nH]c2ccc(S(=O)(=O)N3CCCCCC3)cc12. The molecule has 1 aromatic heterocycles. The lowest BCUT2D eigenvalue weighted by atomic mass is 10.0. The molecule has 2 N–H and O–H groups in total. The minimum Gasteiger partial charge on any atom is -0.350 e. The first-order valence-electron chi connectivity index (χ1n) is 11.9. The van der Waals surface area contributed by atoms with Crippen LogP contribution in [0.2, 0.25) is 0 Å². The van der Waals surface area contributed by atoms with Crippen LogP contribution in [0.3, 0.4) is 0 Å². The molecule has 180 valence electrons. The van der Waals surface area contributed by atoms with Crippen molar-refractivity contribution in [3.05, 3.63) is 76.1 Å². The van der Waals surface area contributed by atoms with Crippen molar-refractivity contribution in [3.63, 3.8) is 0 Å². The molecule has 1 aliphatic rings. The van der Waals surface area contributed by atoms with Crippen LogP contribution in [0.5, 0.6) is 0 Å². The largest absolute Gasteiger partial charge is 0.350 e. The van der Waals surface area contributed by atoms with Gasteiger partial charge in [-0.2, -0.15) is 4.31 Å². The Hall–Kier alpha value is -2.97. The summed E-state index contributed by atoms with van der Waals surface area (Å²) in [6, 6.07) is 15.7. The van der Waals surface area contributed by atoms with E-state index in [9.17, 15) is 18.0 Å². The van der Waals surface area contributed by atoms with E-state index in [1.807, 2.05) is 37.3 Å². The van der Waals surface area contributed by atoms with E-state index in [1.54, 1.807) is 6.07 Å². The third-order valence-electron chi connectivity index (χ3n) is 6.35. The second-order valence-electron chi connectivity index (χ2n) is 8.97. The first kappa shape index (κ1) is 24.2. The molecular formula is C26H31N3O4S. The van der Waals surface area contributed by atoms with E-state index < -0.39 is 15.6 Å². The van der Waals surface area contributed by atoms with Crippen LogP contribution in [0.25, 0.3) is 10.9 Å². The van der Waals surface area contributed by atoms with Gasteiger partial charge in [-0.15, -0.1) is 0 Å². The van der Waals surface area contributed by atoms with Gasteiger partial charge in [0.2, 0.25) is 15.6 Å². The van der Waals surface area contributed by atoms with E-state index >= 15 is 0 Å². The summed E-state index contributed by atoms with van der Waals surface area (Å²) in [5, 5.41) is 3.38. The number of hydrogen-bond donors (Lipinski definition) is 2. The Morgan fingerprint density at radius 3 is 2.44 bits per heavy atom. The number of aromatic nitrogens is 1. The summed E-state index contributed by atoms with van der Waals surface area (Å²) in [5.74, 6) is -0.388. The van der Waals surface area contributed by atoms with E-state index in [-0.39, 0.29) is 22.4 Å². The molecule has 1 atom stereocenters. The van der Waals surface area contributed by atoms with E-state index in [1.165, 1.54) is 28.1 Å². The van der Waals surface area contributed by atoms with Crippen LogP contribution < -0.4 is 10.9 Å². The number of sulfonamides is 1. The van der Waals surface area contributed by atoms with Crippen LogP contribution in [0.1, 0.15) is 54.9 Å². The molecule has 0 radical (unpaired) electrons. The Bertz CT molecular complexity index is 1310. The lowest BCUT2D eigenvalue weighted by molar-refractivity contribution is 0.0940. The van der Waals surface area contributed by atoms with Crippen molar-refractivity contribution in [3.8, 4) is 0 Å². The number of nitrogens with zero attached hydrogens (tertiary/aromatic N) is 1. The number of pyridine rings is 1. The van der Waals surface area contributed by atoms with Crippen molar-refractivity contribution >= 4 is 26.8 Å². The van der Waals surface area contributed by atoms with Crippen LogP contribution in [-0.4, -0.2) is 42.7 Å². The number of hydrogen-bond acceptors (Lipinski definition) is 4. The summed E-state index contributed by atoms with van der Waals surface area (Å²) in [6.07, 6.45) is 5.29. The van der Waals surface area contributed by atoms with Gasteiger partial charge in [0.05, 0.1) is 10.5 Å². The second kappa shape index (κ2) is 10.5. The highest BCUT2D eigenvalue weighted by Crippen LogP contribution is 2.25. The molecule has 7 nitrogen and oxygen atoms in total. The number of nitrogens with one attached hydrogen (secondary N) is 2. The van der Waals surface area contributed by atoms with Crippen molar-refractivity contribution in [2.45, 2.75) is 56.4 Å². The fraction of sp³-hybridized carbons (Fsp3) is 0.385. The zero-order valence-electron chi connectivity index (χ0n) is 19.4. The van der Waals surface area contributed by atoms with Crippen molar-refractivity contribution in [1.29, 1.82) is 0 Å². The predicted octanol–water partition coefficient (Wildman–Crippen LogP) is 3.84. The van der Waals surface area contributed by atoms with Gasteiger partial charge in [-0.1, -0.05) is 43.2 Å². The van der Waals surface area contributed by atoms with E-state index in [0.717, 1.165) is 38.5 Å². The summed E-state index contributed by atoms with van der Waals surface area (Å²) in [4.78, 5) is 28.2. The molecule has 1 unspecified atom stereocenters. The Kier molecular flexibility index (Phi) is 7.48. The molecule has 1 saturated heterocycles. The molecule has 34 heavy (non-hydrogen) atoms. The van der Waals surface area contributed by atoms with E-state index in [0.29, 0.717) is 24.0 Å². The Morgan fingerprint density at radius 2 is 1.74 bits per heavy atom. The molecule has 0 spiro atoms. The third-order valence-corrected chi connectivity index (χ3v) is 8.24. The van der Waals surface area contributed by atoms with Crippen molar-refractivity contribution in [2.24, 2.45) is 0 Å². The van der Waals surface area contributed by atoms with Gasteiger partial charge >= 0.3 is 0 Å². The lowest BCUT2D eigenvalue weighted by Crippen LogP contribution is -2.34. The summed E-state index contributed by atoms with van der Waals surface area (Å²) >= 11 is 0. The molecule has 8 heteroatoms. The molecule has 3 aromatic rings. The monoisotopic (exact) mass is 481 g/mol. The predicted molar refractivity (Wildman–Crippen MR) is 133 cm³/mol. The maximum Gasteiger partial charge on any atom is 0.252 e. The number of H-pyrrole nitrogens is 1. The van der Waals surface area contributed by atoms with Gasteiger partial charge < -0.3 is 10.3 Å². The topological polar surface area (TPSA) is 99.3 Å². The third kappa shape index (κ3) is 5.56. The van der Waals surface area contributed by atoms with Crippen LogP contribution in [0, 0.1) is 0 Å². The molecule has 0 bridgehead atoms. The maximum absolute atomic E-state index is 13.3. The molecule has 2 heterocycles. The van der Waals surface area contributed by atoms with Crippen LogP contribution >= 0.6 is 0 Å². The van der Waals surface area contributed by atoms with Crippen molar-refractivity contribution in [1.82, 2.24) is 14.6 Å². The Balaban J connectivity index is 1.59. The molecule has 0 aliphatic carbocycles. The van der Waals surface area contributed by atoms with Crippen LogP contribution in [-0.2, 0) is 16.4 Å². The van der Waals surface area contributed by atoms with Gasteiger partial charge in [-0.05, 0) is 56.4 Å². The quantitative estimate of drug-likeness (QED) is 0.536. The number of carbonyl (C=O) groups is 1. The minimum atomic E-state index is -3.68. The molecule has 0 saturated carbocycles. The zero-order valence-corrected chi connectivity index (χ0v) is 20.2. The van der Waals surface area contributed by atoms with Gasteiger partial charge in [-0.3, -0.25) is 9.59 Å². The fourth-order valence-corrected chi connectivity index (χ4v) is 5.96. The first-order chi connectivity index (χ1) is 16.3. The number of aryl methyl sites for hydroxylation is 1. The number of fused-ring (bicyclic) bond motifs is 1. The van der Waals surface area contributed by atoms with Crippen molar-refractivity contribution in [2.75, 3.05) is 13.1 Å². The summed E-state index contributed by atoms with van der Waals surface area (Å²) in [5.41, 5.74) is 1.40. The van der Waals surface area contributed by atoms with E-state index in [4.69, 9.17) is 0 Å². The summed E-state index contributed by atoms with van der Waals surface area (Å²) in [6.45, 7) is 2.92. The van der Waals surface area contributed by atoms with Crippen LogP contribution in [0.4, 0.5) is 0 Å². The zero-order chi connectivity index (χ0) is 24.1. The molecule has 1 fully saturated rings. The molecule has 2 aromatic carbocycles.